The molecule has 82 valence electrons. The SMILES string of the molecule is CCCC1=CC=C(CC(C)(C)C)C=C=C1. The minimum Gasteiger partial charge on any atom is -0.120 e. The van der Waals surface area contributed by atoms with E-state index >= 15 is 0 Å². The Hall–Kier alpha value is -1.00. The summed E-state index contributed by atoms with van der Waals surface area (Å²) in [7, 11) is 0. The van der Waals surface area contributed by atoms with Gasteiger partial charge in [0, 0.05) is 0 Å². The molecule has 0 aliphatic heterocycles. The van der Waals surface area contributed by atoms with Gasteiger partial charge in [-0.1, -0.05) is 46.3 Å². The highest BCUT2D eigenvalue weighted by molar-refractivity contribution is 5.34. The van der Waals surface area contributed by atoms with Crippen LogP contribution in [0.1, 0.15) is 47.0 Å². The maximum Gasteiger partial charge on any atom is -0.0167 e. The van der Waals surface area contributed by atoms with Crippen LogP contribution in [0.5, 0.6) is 0 Å². The Morgan fingerprint density at radius 2 is 1.67 bits per heavy atom. The summed E-state index contributed by atoms with van der Waals surface area (Å²) in [5, 5.41) is 0. The molecule has 15 heavy (non-hydrogen) atoms. The molecule has 0 saturated carbocycles. The van der Waals surface area contributed by atoms with Crippen molar-refractivity contribution in [2.75, 3.05) is 0 Å². The van der Waals surface area contributed by atoms with Crippen LogP contribution in [-0.2, 0) is 0 Å². The van der Waals surface area contributed by atoms with Crippen LogP contribution in [0.25, 0.3) is 0 Å². The predicted molar refractivity (Wildman–Crippen MR) is 67.8 cm³/mol. The highest BCUT2D eigenvalue weighted by Gasteiger charge is 2.11. The Bertz CT molecular complexity index is 326. The summed E-state index contributed by atoms with van der Waals surface area (Å²) in [4.78, 5) is 0. The molecule has 0 saturated heterocycles. The molecule has 0 nitrogen and oxygen atoms in total. The van der Waals surface area contributed by atoms with Crippen LogP contribution >= 0.6 is 0 Å². The summed E-state index contributed by atoms with van der Waals surface area (Å²) in [6.45, 7) is 9.02. The van der Waals surface area contributed by atoms with Crippen LogP contribution in [0.2, 0.25) is 0 Å². The van der Waals surface area contributed by atoms with E-state index in [4.69, 9.17) is 0 Å². The summed E-state index contributed by atoms with van der Waals surface area (Å²) in [5.41, 5.74) is 6.39. The number of hydrogen-bond acceptors (Lipinski definition) is 0. The second kappa shape index (κ2) is 5.19. The van der Waals surface area contributed by atoms with E-state index in [2.05, 4.69) is 57.7 Å². The lowest BCUT2D eigenvalue weighted by Crippen LogP contribution is -2.05. The smallest absolute Gasteiger partial charge is 0.0167 e. The standard InChI is InChI=1S/C15H22/c1-5-7-13-8-6-9-14(11-10-13)12-15(2,3)4/h8-11H,5,7,12H2,1-4H3. The van der Waals surface area contributed by atoms with E-state index in [0.717, 1.165) is 12.8 Å². The van der Waals surface area contributed by atoms with E-state index in [9.17, 15) is 0 Å². The molecule has 0 radical (unpaired) electrons. The molecule has 0 spiro atoms. The summed E-state index contributed by atoms with van der Waals surface area (Å²) in [5.74, 6) is 0. The highest BCUT2D eigenvalue weighted by atomic mass is 14.2. The molecular weight excluding hydrogens is 180 g/mol. The Labute approximate surface area is 94.1 Å². The van der Waals surface area contributed by atoms with Crippen LogP contribution in [0.4, 0.5) is 0 Å². The van der Waals surface area contributed by atoms with Crippen molar-refractivity contribution in [2.24, 2.45) is 5.41 Å². The number of allylic oxidation sites excluding steroid dienone is 5. The Morgan fingerprint density at radius 1 is 1.07 bits per heavy atom. The molecule has 1 rings (SSSR count). The van der Waals surface area contributed by atoms with Crippen molar-refractivity contribution in [3.05, 3.63) is 41.2 Å². The van der Waals surface area contributed by atoms with Gasteiger partial charge in [0.1, 0.15) is 0 Å². The van der Waals surface area contributed by atoms with Gasteiger partial charge in [0.25, 0.3) is 0 Å². The lowest BCUT2D eigenvalue weighted by Gasteiger charge is -2.17. The Balaban J connectivity index is 2.75. The van der Waals surface area contributed by atoms with E-state index in [0.29, 0.717) is 5.41 Å². The van der Waals surface area contributed by atoms with Gasteiger partial charge in [-0.3, -0.25) is 0 Å². The maximum atomic E-state index is 3.27. The molecule has 0 aromatic heterocycles. The van der Waals surface area contributed by atoms with Crippen LogP contribution in [0, 0.1) is 5.41 Å². The zero-order chi connectivity index (χ0) is 11.3. The van der Waals surface area contributed by atoms with Gasteiger partial charge in [0.05, 0.1) is 0 Å². The minimum atomic E-state index is 0.354. The lowest BCUT2D eigenvalue weighted by molar-refractivity contribution is 0.413. The zero-order valence-electron chi connectivity index (χ0n) is 10.4. The summed E-state index contributed by atoms with van der Waals surface area (Å²) >= 11 is 0. The molecule has 0 aromatic rings. The average molecular weight is 202 g/mol. The van der Waals surface area contributed by atoms with Crippen LogP contribution in [0.15, 0.2) is 41.2 Å². The fourth-order valence-electron chi connectivity index (χ4n) is 1.73. The van der Waals surface area contributed by atoms with E-state index in [1.807, 2.05) is 0 Å². The largest absolute Gasteiger partial charge is 0.120 e. The van der Waals surface area contributed by atoms with E-state index in [1.165, 1.54) is 17.6 Å². The molecule has 1 aliphatic carbocycles. The first-order valence-electron chi connectivity index (χ1n) is 5.83. The summed E-state index contributed by atoms with van der Waals surface area (Å²) in [6.07, 6.45) is 12.2. The number of hydrogen-bond donors (Lipinski definition) is 0. The van der Waals surface area contributed by atoms with Crippen LogP contribution in [0.3, 0.4) is 0 Å². The quantitative estimate of drug-likeness (QED) is 0.577. The van der Waals surface area contributed by atoms with Crippen molar-refractivity contribution in [3.63, 3.8) is 0 Å². The number of rotatable bonds is 3. The summed E-state index contributed by atoms with van der Waals surface area (Å²) < 4.78 is 0. The third kappa shape index (κ3) is 4.85. The second-order valence-electron chi connectivity index (χ2n) is 5.43. The molecule has 0 heteroatoms. The van der Waals surface area contributed by atoms with Gasteiger partial charge in [-0.25, -0.2) is 0 Å². The molecular formula is C15H22. The van der Waals surface area contributed by atoms with Crippen molar-refractivity contribution in [1.82, 2.24) is 0 Å². The van der Waals surface area contributed by atoms with Crippen molar-refractivity contribution in [1.29, 1.82) is 0 Å². The normalized spacial score (nSPS) is 16.0. The molecule has 0 bridgehead atoms. The van der Waals surface area contributed by atoms with E-state index < -0.39 is 0 Å². The van der Waals surface area contributed by atoms with Gasteiger partial charge >= 0.3 is 0 Å². The van der Waals surface area contributed by atoms with Gasteiger partial charge in [-0.2, -0.15) is 0 Å². The monoisotopic (exact) mass is 202 g/mol. The average Bonchev–Trinajstić information content (AvgIpc) is 2.29. The first-order valence-corrected chi connectivity index (χ1v) is 5.83. The second-order valence-corrected chi connectivity index (χ2v) is 5.43. The van der Waals surface area contributed by atoms with Gasteiger partial charge in [0.2, 0.25) is 0 Å². The third-order valence-corrected chi connectivity index (χ3v) is 2.32. The minimum absolute atomic E-state index is 0.354. The first-order chi connectivity index (χ1) is 7.01. The van der Waals surface area contributed by atoms with Crippen molar-refractivity contribution in [2.45, 2.75) is 47.0 Å². The molecule has 0 fully saturated rings. The van der Waals surface area contributed by atoms with E-state index in [-0.39, 0.29) is 0 Å². The van der Waals surface area contributed by atoms with Crippen LogP contribution < -0.4 is 0 Å². The molecule has 0 amide bonds. The topological polar surface area (TPSA) is 0 Å². The van der Waals surface area contributed by atoms with Crippen molar-refractivity contribution < 1.29 is 0 Å². The fourth-order valence-corrected chi connectivity index (χ4v) is 1.73. The molecule has 1 aliphatic rings. The molecule has 0 atom stereocenters. The van der Waals surface area contributed by atoms with Gasteiger partial charge in [-0.05, 0) is 41.6 Å². The van der Waals surface area contributed by atoms with Gasteiger partial charge in [-0.15, -0.1) is 5.73 Å². The summed E-state index contributed by atoms with van der Waals surface area (Å²) in [6, 6.07) is 0. The predicted octanol–water partition coefficient (Wildman–Crippen LogP) is 4.80. The highest BCUT2D eigenvalue weighted by Crippen LogP contribution is 2.25. The van der Waals surface area contributed by atoms with Gasteiger partial charge in [0.15, 0.2) is 0 Å². The molecule has 0 heterocycles. The molecule has 0 aromatic carbocycles. The fraction of sp³-hybridized carbons (Fsp3) is 0.533. The molecule has 0 N–H and O–H groups in total. The van der Waals surface area contributed by atoms with Crippen LogP contribution in [-0.4, -0.2) is 0 Å². The van der Waals surface area contributed by atoms with E-state index in [1.54, 1.807) is 0 Å². The third-order valence-electron chi connectivity index (χ3n) is 2.32. The van der Waals surface area contributed by atoms with Crippen molar-refractivity contribution >= 4 is 0 Å². The van der Waals surface area contributed by atoms with Crippen molar-refractivity contribution in [3.8, 4) is 0 Å². The van der Waals surface area contributed by atoms with Gasteiger partial charge < -0.3 is 0 Å². The first kappa shape index (κ1) is 12.1. The molecule has 0 unspecified atom stereocenters. The Kier molecular flexibility index (Phi) is 4.17. The zero-order valence-corrected chi connectivity index (χ0v) is 10.4. The Morgan fingerprint density at radius 3 is 2.27 bits per heavy atom. The maximum absolute atomic E-state index is 3.27. The lowest BCUT2D eigenvalue weighted by atomic mass is 9.88.